The van der Waals surface area contributed by atoms with Gasteiger partial charge in [-0.1, -0.05) is 11.0 Å². The van der Waals surface area contributed by atoms with Crippen LogP contribution in [-0.4, -0.2) is 61.1 Å². The molecule has 2 aromatic rings. The zero-order chi connectivity index (χ0) is 22.8. The van der Waals surface area contributed by atoms with Crippen LogP contribution in [0, 0.1) is 12.3 Å². The number of nitrogens with one attached hydrogen (secondary N) is 1. The Balaban J connectivity index is 1.66. The highest BCUT2D eigenvalue weighted by Gasteiger charge is 2.50. The summed E-state index contributed by atoms with van der Waals surface area (Å²) in [6.45, 7) is 4.53. The van der Waals surface area contributed by atoms with Crippen molar-refractivity contribution in [2.24, 2.45) is 0 Å². The van der Waals surface area contributed by atoms with Gasteiger partial charge in [-0.2, -0.15) is 0 Å². The van der Waals surface area contributed by atoms with Gasteiger partial charge < -0.3 is 20.3 Å². The maximum absolute atomic E-state index is 12.2. The predicted molar refractivity (Wildman–Crippen MR) is 109 cm³/mol. The lowest BCUT2D eigenvalue weighted by molar-refractivity contribution is -0.149. The SMILES string of the molecule is C#C[C@]1(CO[P+](=O)N[C@@H](C)C(=O)OC(C)C)O[C@@H](n2cnc3c(N)ncnc32)C[C@@H]1O. The molecule has 1 unspecified atom stereocenters. The first kappa shape index (κ1) is 23.0. The van der Waals surface area contributed by atoms with Crippen LogP contribution in [0.15, 0.2) is 12.7 Å². The van der Waals surface area contributed by atoms with E-state index in [1.807, 2.05) is 0 Å². The zero-order valence-electron chi connectivity index (χ0n) is 17.3. The molecule has 0 aliphatic carbocycles. The number of hydrogen-bond donors (Lipinski definition) is 3. The van der Waals surface area contributed by atoms with Crippen molar-refractivity contribution in [3.8, 4) is 12.3 Å². The second kappa shape index (κ2) is 9.21. The second-order valence-electron chi connectivity index (χ2n) is 7.31. The maximum Gasteiger partial charge on any atom is 0.613 e. The van der Waals surface area contributed by atoms with Crippen molar-refractivity contribution in [1.29, 1.82) is 0 Å². The van der Waals surface area contributed by atoms with E-state index in [0.29, 0.717) is 11.2 Å². The van der Waals surface area contributed by atoms with Crippen molar-refractivity contribution < 1.29 is 28.5 Å². The van der Waals surface area contributed by atoms with Crippen molar-refractivity contribution in [3.63, 3.8) is 0 Å². The number of anilines is 1. The molecule has 1 saturated heterocycles. The van der Waals surface area contributed by atoms with Gasteiger partial charge in [-0.3, -0.25) is 9.36 Å². The molecule has 3 rings (SSSR count). The summed E-state index contributed by atoms with van der Waals surface area (Å²) in [4.78, 5) is 24.0. The topological polar surface area (TPSA) is 164 Å². The molecule has 0 radical (unpaired) electrons. The monoisotopic (exact) mass is 451 g/mol. The number of fused-ring (bicyclic) bond motifs is 1. The quantitative estimate of drug-likeness (QED) is 0.293. The maximum atomic E-state index is 12.2. The van der Waals surface area contributed by atoms with E-state index in [1.165, 1.54) is 19.6 Å². The van der Waals surface area contributed by atoms with Gasteiger partial charge in [0.1, 0.15) is 36.8 Å². The molecule has 0 aromatic carbocycles. The fourth-order valence-corrected chi connectivity index (χ4v) is 3.85. The summed E-state index contributed by atoms with van der Waals surface area (Å²) in [5.41, 5.74) is 5.05. The molecule has 166 valence electrons. The Hall–Kier alpha value is -2.68. The fraction of sp³-hybridized carbons (Fsp3) is 0.556. The standard InChI is InChI=1S/C18H24N6O6P/c1-5-18(7-28-31(27)23-11(4)17(26)29-10(2)3)12(25)6-13(30-18)24-9-22-14-15(19)20-8-21-16(14)24/h1,8-13,25H,6-7H2,2-4H3,(H,23,27)(H2,19,20,21)/q+1/t11-,12-,13+,18+/m0/s1. The van der Waals surface area contributed by atoms with E-state index in [0.717, 1.165) is 0 Å². The van der Waals surface area contributed by atoms with Gasteiger partial charge in [-0.15, -0.1) is 10.9 Å². The molecule has 1 fully saturated rings. The van der Waals surface area contributed by atoms with E-state index in [-0.39, 0.29) is 24.9 Å². The Morgan fingerprint density at radius 2 is 2.26 bits per heavy atom. The lowest BCUT2D eigenvalue weighted by Crippen LogP contribution is -2.42. The number of esters is 1. The summed E-state index contributed by atoms with van der Waals surface area (Å²) >= 11 is 0. The molecular formula is C18H24N6O6P+. The normalized spacial score (nSPS) is 24.8. The van der Waals surface area contributed by atoms with Gasteiger partial charge in [-0.05, 0) is 25.3 Å². The molecule has 0 saturated carbocycles. The van der Waals surface area contributed by atoms with E-state index in [4.69, 9.17) is 26.2 Å². The van der Waals surface area contributed by atoms with E-state index < -0.39 is 38.1 Å². The number of carbonyl (C=O) groups is 1. The van der Waals surface area contributed by atoms with Crippen molar-refractivity contribution in [3.05, 3.63) is 12.7 Å². The molecule has 13 heteroatoms. The third kappa shape index (κ3) is 4.81. The second-order valence-corrected chi connectivity index (χ2v) is 8.34. The zero-order valence-corrected chi connectivity index (χ0v) is 18.2. The molecule has 2 aromatic heterocycles. The van der Waals surface area contributed by atoms with Crippen molar-refractivity contribution in [2.75, 3.05) is 12.3 Å². The number of ether oxygens (including phenoxy) is 2. The molecule has 1 aliphatic rings. The fourth-order valence-electron chi connectivity index (χ4n) is 3.04. The largest absolute Gasteiger partial charge is 0.613 e. The van der Waals surface area contributed by atoms with Crippen molar-refractivity contribution in [2.45, 2.75) is 57.3 Å². The number of terminal acetylenes is 1. The highest BCUT2D eigenvalue weighted by molar-refractivity contribution is 7.36. The molecule has 31 heavy (non-hydrogen) atoms. The number of aliphatic hydroxyl groups is 1. The van der Waals surface area contributed by atoms with Gasteiger partial charge in [0, 0.05) is 6.42 Å². The van der Waals surface area contributed by atoms with Crippen LogP contribution in [-0.2, 0) is 23.4 Å². The smallest absolute Gasteiger partial charge is 0.462 e. The number of aromatic nitrogens is 4. The summed E-state index contributed by atoms with van der Waals surface area (Å²) < 4.78 is 30.1. The predicted octanol–water partition coefficient (Wildman–Crippen LogP) is 0.664. The Labute approximate surface area is 179 Å². The molecule has 4 N–H and O–H groups in total. The molecule has 5 atom stereocenters. The Kier molecular flexibility index (Phi) is 6.83. The first-order valence-corrected chi connectivity index (χ1v) is 10.7. The van der Waals surface area contributed by atoms with E-state index >= 15 is 0 Å². The van der Waals surface area contributed by atoms with Crippen LogP contribution in [0.2, 0.25) is 0 Å². The number of aliphatic hydroxyl groups excluding tert-OH is 1. The van der Waals surface area contributed by atoms with Crippen molar-refractivity contribution >= 4 is 31.1 Å². The number of carbonyl (C=O) groups excluding carboxylic acids is 1. The highest BCUT2D eigenvalue weighted by Crippen LogP contribution is 2.39. The van der Waals surface area contributed by atoms with Gasteiger partial charge in [0.15, 0.2) is 17.1 Å². The summed E-state index contributed by atoms with van der Waals surface area (Å²) in [6, 6.07) is -0.863. The molecule has 1 aliphatic heterocycles. The number of nitrogens with zero attached hydrogens (tertiary/aromatic N) is 4. The average molecular weight is 451 g/mol. The average Bonchev–Trinajstić information content (AvgIpc) is 3.28. The Morgan fingerprint density at radius 1 is 1.52 bits per heavy atom. The molecule has 3 heterocycles. The van der Waals surface area contributed by atoms with E-state index in [2.05, 4.69) is 26.0 Å². The first-order valence-electron chi connectivity index (χ1n) is 9.50. The van der Waals surface area contributed by atoms with Crippen LogP contribution >= 0.6 is 8.18 Å². The Morgan fingerprint density at radius 3 is 2.94 bits per heavy atom. The summed E-state index contributed by atoms with van der Waals surface area (Å²) in [7, 11) is -2.49. The number of nitrogens with two attached hydrogens (primary N) is 1. The molecule has 0 bridgehead atoms. The van der Waals surface area contributed by atoms with Gasteiger partial charge in [0.25, 0.3) is 0 Å². The van der Waals surface area contributed by atoms with Gasteiger partial charge in [-0.25, -0.2) is 15.0 Å². The van der Waals surface area contributed by atoms with Crippen LogP contribution in [0.5, 0.6) is 0 Å². The van der Waals surface area contributed by atoms with Crippen LogP contribution in [0.25, 0.3) is 11.2 Å². The molecule has 12 nitrogen and oxygen atoms in total. The van der Waals surface area contributed by atoms with Crippen LogP contribution < -0.4 is 10.8 Å². The van der Waals surface area contributed by atoms with Gasteiger partial charge in [0.05, 0.1) is 12.4 Å². The minimum Gasteiger partial charge on any atom is -0.462 e. The first-order chi connectivity index (χ1) is 14.7. The Bertz CT molecular complexity index is 1020. The molecule has 0 amide bonds. The summed E-state index contributed by atoms with van der Waals surface area (Å²) in [5, 5.41) is 13.1. The number of hydrogen-bond acceptors (Lipinski definition) is 10. The van der Waals surface area contributed by atoms with Gasteiger partial charge in [0.2, 0.25) is 0 Å². The van der Waals surface area contributed by atoms with Crippen LogP contribution in [0.1, 0.15) is 33.4 Å². The lowest BCUT2D eigenvalue weighted by atomic mass is 9.99. The number of imidazole rings is 1. The van der Waals surface area contributed by atoms with E-state index in [1.54, 1.807) is 18.4 Å². The third-order valence-electron chi connectivity index (χ3n) is 4.65. The minimum atomic E-state index is -2.49. The van der Waals surface area contributed by atoms with E-state index in [9.17, 15) is 14.5 Å². The summed E-state index contributed by atoms with van der Waals surface area (Å²) in [5.74, 6) is 2.04. The minimum absolute atomic E-state index is 0.115. The third-order valence-corrected chi connectivity index (χ3v) is 5.61. The number of nitrogen functional groups attached to an aromatic ring is 1. The van der Waals surface area contributed by atoms with Crippen LogP contribution in [0.3, 0.4) is 0 Å². The lowest BCUT2D eigenvalue weighted by Gasteiger charge is -2.23. The molecular weight excluding hydrogens is 427 g/mol. The summed E-state index contributed by atoms with van der Waals surface area (Å²) in [6.07, 6.45) is 6.36. The molecule has 0 spiro atoms. The highest BCUT2D eigenvalue weighted by atomic mass is 31.1. The van der Waals surface area contributed by atoms with Crippen LogP contribution in [0.4, 0.5) is 5.82 Å². The van der Waals surface area contributed by atoms with Crippen molar-refractivity contribution in [1.82, 2.24) is 24.6 Å². The van der Waals surface area contributed by atoms with Gasteiger partial charge >= 0.3 is 14.1 Å². The number of rotatable bonds is 8.